The van der Waals surface area contributed by atoms with Crippen molar-refractivity contribution in [3.63, 3.8) is 0 Å². The topological polar surface area (TPSA) is 119 Å². The first-order chi connectivity index (χ1) is 12.5. The maximum atomic E-state index is 12.0. The molecule has 0 saturated carbocycles. The highest BCUT2D eigenvalue weighted by molar-refractivity contribution is 5.97. The van der Waals surface area contributed by atoms with Gasteiger partial charge < -0.3 is 20.9 Å². The average Bonchev–Trinajstić information content (AvgIpc) is 2.65. The van der Waals surface area contributed by atoms with Gasteiger partial charge in [0, 0.05) is 17.7 Å². The third-order valence-corrected chi connectivity index (χ3v) is 3.60. The molecule has 0 aromatic heterocycles. The lowest BCUT2D eigenvalue weighted by molar-refractivity contribution is -0.138. The van der Waals surface area contributed by atoms with E-state index < -0.39 is 12.0 Å². The highest BCUT2D eigenvalue weighted by Crippen LogP contribution is 2.16. The van der Waals surface area contributed by atoms with E-state index in [4.69, 9.17) is 15.6 Å². The van der Waals surface area contributed by atoms with Gasteiger partial charge in [0.1, 0.15) is 11.8 Å². The number of carbonyl (C=O) groups excluding carboxylic acids is 2. The molecular formula is C19H20N2O5. The smallest absolute Gasteiger partial charge is 0.320 e. The third-order valence-electron chi connectivity index (χ3n) is 3.60. The lowest BCUT2D eigenvalue weighted by Gasteiger charge is -2.09. The second-order valence-electron chi connectivity index (χ2n) is 5.63. The number of ketones is 1. The second kappa shape index (κ2) is 9.33. The van der Waals surface area contributed by atoms with Crippen LogP contribution in [0.1, 0.15) is 23.2 Å². The lowest BCUT2D eigenvalue weighted by atomic mass is 10.1. The predicted molar refractivity (Wildman–Crippen MR) is 96.2 cm³/mol. The first-order valence-corrected chi connectivity index (χ1v) is 8.05. The molecule has 2 aromatic rings. The van der Waals surface area contributed by atoms with Gasteiger partial charge >= 0.3 is 5.97 Å². The summed E-state index contributed by atoms with van der Waals surface area (Å²) in [5.41, 5.74) is 6.48. The molecule has 1 atom stereocenters. The van der Waals surface area contributed by atoms with Crippen LogP contribution in [-0.4, -0.2) is 35.4 Å². The van der Waals surface area contributed by atoms with Crippen molar-refractivity contribution in [2.24, 2.45) is 5.73 Å². The molecule has 0 radical (unpaired) electrons. The number of hydrogen-bond acceptors (Lipinski definition) is 5. The van der Waals surface area contributed by atoms with E-state index in [0.717, 1.165) is 0 Å². The molecule has 2 rings (SSSR count). The third kappa shape index (κ3) is 6.03. The number of hydrogen-bond donors (Lipinski definition) is 3. The van der Waals surface area contributed by atoms with Gasteiger partial charge in [-0.25, -0.2) is 0 Å². The number of carbonyl (C=O) groups is 3. The Balaban J connectivity index is 1.79. The highest BCUT2D eigenvalue weighted by atomic mass is 16.5. The molecule has 0 heterocycles. The number of ether oxygens (including phenoxy) is 1. The van der Waals surface area contributed by atoms with Gasteiger partial charge in [0.2, 0.25) is 5.91 Å². The molecule has 0 aliphatic rings. The van der Waals surface area contributed by atoms with Crippen LogP contribution in [0.5, 0.6) is 5.75 Å². The number of rotatable bonds is 9. The predicted octanol–water partition coefficient (Wildman–Crippen LogP) is 2.08. The van der Waals surface area contributed by atoms with E-state index >= 15 is 0 Å². The number of aliphatic carboxylic acids is 1. The van der Waals surface area contributed by atoms with Crippen LogP contribution in [0.25, 0.3) is 0 Å². The van der Waals surface area contributed by atoms with Crippen molar-refractivity contribution < 1.29 is 24.2 Å². The van der Waals surface area contributed by atoms with E-state index in [1.807, 2.05) is 6.07 Å². The van der Waals surface area contributed by atoms with Crippen molar-refractivity contribution in [3.05, 3.63) is 60.2 Å². The zero-order valence-electron chi connectivity index (χ0n) is 14.1. The molecule has 7 heteroatoms. The van der Waals surface area contributed by atoms with Crippen molar-refractivity contribution in [1.29, 1.82) is 0 Å². The number of carboxylic acid groups (broad SMARTS) is 1. The molecule has 136 valence electrons. The van der Waals surface area contributed by atoms with Crippen LogP contribution >= 0.6 is 0 Å². The molecule has 26 heavy (non-hydrogen) atoms. The first-order valence-electron chi connectivity index (χ1n) is 8.05. The molecule has 2 aromatic carbocycles. The van der Waals surface area contributed by atoms with Crippen LogP contribution in [0.3, 0.4) is 0 Å². The largest absolute Gasteiger partial charge is 0.485 e. The fourth-order valence-corrected chi connectivity index (χ4v) is 2.12. The fourth-order valence-electron chi connectivity index (χ4n) is 2.12. The second-order valence-corrected chi connectivity index (χ2v) is 5.63. The summed E-state index contributed by atoms with van der Waals surface area (Å²) < 4.78 is 5.44. The highest BCUT2D eigenvalue weighted by Gasteiger charge is 2.13. The Bertz CT molecular complexity index is 759. The van der Waals surface area contributed by atoms with E-state index in [-0.39, 0.29) is 31.1 Å². The van der Waals surface area contributed by atoms with Crippen LogP contribution in [0.15, 0.2) is 54.6 Å². The molecule has 0 fully saturated rings. The van der Waals surface area contributed by atoms with E-state index in [0.29, 0.717) is 17.0 Å². The van der Waals surface area contributed by atoms with Gasteiger partial charge in [0.25, 0.3) is 0 Å². The van der Waals surface area contributed by atoms with E-state index in [1.165, 1.54) is 0 Å². The summed E-state index contributed by atoms with van der Waals surface area (Å²) in [5.74, 6) is -1.09. The number of benzene rings is 2. The zero-order valence-corrected chi connectivity index (χ0v) is 14.1. The quantitative estimate of drug-likeness (QED) is 0.592. The summed E-state index contributed by atoms with van der Waals surface area (Å²) >= 11 is 0. The summed E-state index contributed by atoms with van der Waals surface area (Å²) in [4.78, 5) is 34.3. The van der Waals surface area contributed by atoms with Crippen LogP contribution in [0.2, 0.25) is 0 Å². The Labute approximate surface area is 150 Å². The van der Waals surface area contributed by atoms with E-state index in [2.05, 4.69) is 5.32 Å². The van der Waals surface area contributed by atoms with Gasteiger partial charge in [-0.05, 0) is 30.7 Å². The molecule has 4 N–H and O–H groups in total. The zero-order chi connectivity index (χ0) is 18.9. The summed E-state index contributed by atoms with van der Waals surface area (Å²) in [5, 5.41) is 11.3. The van der Waals surface area contributed by atoms with Crippen LogP contribution in [0, 0.1) is 0 Å². The Morgan fingerprint density at radius 1 is 1.04 bits per heavy atom. The van der Waals surface area contributed by atoms with Gasteiger partial charge in [-0.1, -0.05) is 30.3 Å². The number of Topliss-reactive ketones (excluding diaryl/α,β-unsaturated/α-hetero) is 1. The minimum Gasteiger partial charge on any atom is -0.485 e. The van der Waals surface area contributed by atoms with Crippen molar-refractivity contribution in [1.82, 2.24) is 0 Å². The van der Waals surface area contributed by atoms with Crippen molar-refractivity contribution in [2.45, 2.75) is 18.9 Å². The van der Waals surface area contributed by atoms with Gasteiger partial charge in [-0.15, -0.1) is 0 Å². The standard InChI is InChI=1S/C19H20N2O5/c20-16(19(24)25)10-11-18(23)21-14-6-8-15(9-7-14)26-12-17(22)13-4-2-1-3-5-13/h1-9,16H,10-12,20H2,(H,21,23)(H,24,25)/t16-/m0/s1. The SMILES string of the molecule is N[C@@H](CCC(=O)Nc1ccc(OCC(=O)c2ccccc2)cc1)C(=O)O. The van der Waals surface area contributed by atoms with Gasteiger partial charge in [-0.2, -0.15) is 0 Å². The normalized spacial score (nSPS) is 11.4. The fraction of sp³-hybridized carbons (Fsp3) is 0.211. The van der Waals surface area contributed by atoms with Crippen molar-refractivity contribution in [2.75, 3.05) is 11.9 Å². The van der Waals surface area contributed by atoms with Crippen molar-refractivity contribution in [3.8, 4) is 5.75 Å². The lowest BCUT2D eigenvalue weighted by Crippen LogP contribution is -2.31. The molecule has 0 spiro atoms. The van der Waals surface area contributed by atoms with Gasteiger partial charge in [0.05, 0.1) is 0 Å². The number of nitrogens with two attached hydrogens (primary N) is 1. The molecule has 1 amide bonds. The summed E-state index contributed by atoms with van der Waals surface area (Å²) in [6.07, 6.45) is 0.0707. The van der Waals surface area contributed by atoms with Gasteiger partial charge in [0.15, 0.2) is 12.4 Å². The minimum absolute atomic E-state index is 0.0112. The minimum atomic E-state index is -1.13. The summed E-state index contributed by atoms with van der Waals surface area (Å²) in [6, 6.07) is 14.3. The maximum Gasteiger partial charge on any atom is 0.320 e. The van der Waals surface area contributed by atoms with Crippen LogP contribution < -0.4 is 15.8 Å². The van der Waals surface area contributed by atoms with E-state index in [9.17, 15) is 14.4 Å². The molecule has 7 nitrogen and oxygen atoms in total. The number of amides is 1. The number of nitrogens with one attached hydrogen (secondary N) is 1. The van der Waals surface area contributed by atoms with Gasteiger partial charge in [-0.3, -0.25) is 14.4 Å². The monoisotopic (exact) mass is 356 g/mol. The summed E-state index contributed by atoms with van der Waals surface area (Å²) in [6.45, 7) is -0.0806. The Morgan fingerprint density at radius 2 is 1.69 bits per heavy atom. The van der Waals surface area contributed by atoms with E-state index in [1.54, 1.807) is 48.5 Å². The molecule has 0 bridgehead atoms. The Kier molecular flexibility index (Phi) is 6.87. The number of carboxylic acids is 1. The van der Waals surface area contributed by atoms with Crippen LogP contribution in [0.4, 0.5) is 5.69 Å². The molecule has 0 aliphatic heterocycles. The number of anilines is 1. The Hall–Kier alpha value is -3.19. The first kappa shape index (κ1) is 19.1. The Morgan fingerprint density at radius 3 is 2.31 bits per heavy atom. The maximum absolute atomic E-state index is 12.0. The average molecular weight is 356 g/mol. The molecule has 0 unspecified atom stereocenters. The molecule has 0 aliphatic carbocycles. The molecular weight excluding hydrogens is 336 g/mol. The molecule has 0 saturated heterocycles. The van der Waals surface area contributed by atoms with Crippen LogP contribution in [-0.2, 0) is 9.59 Å². The van der Waals surface area contributed by atoms with Crippen molar-refractivity contribution >= 4 is 23.3 Å². The summed E-state index contributed by atoms with van der Waals surface area (Å²) in [7, 11) is 0.